The highest BCUT2D eigenvalue weighted by Gasteiger charge is 2.04. The number of hydrogen-bond acceptors (Lipinski definition) is 4. The Hall–Kier alpha value is -2.70. The first kappa shape index (κ1) is 21.3. The molecule has 0 fully saturated rings. The van der Waals surface area contributed by atoms with E-state index in [0.717, 1.165) is 0 Å². The van der Waals surface area contributed by atoms with Crippen molar-refractivity contribution < 1.29 is 30.0 Å². The highest BCUT2D eigenvalue weighted by atomic mass is 16.4. The first-order valence-corrected chi connectivity index (χ1v) is 7.13. The number of aliphatic hydroxyl groups excluding tert-OH is 2. The van der Waals surface area contributed by atoms with Crippen molar-refractivity contribution in [2.45, 2.75) is 13.8 Å². The number of carbonyl (C=O) groups is 2. The van der Waals surface area contributed by atoms with Crippen molar-refractivity contribution in [3.05, 3.63) is 70.8 Å². The molecule has 0 saturated carbocycles. The van der Waals surface area contributed by atoms with Crippen LogP contribution in [0.2, 0.25) is 0 Å². The Balaban J connectivity index is 0.000000379. The van der Waals surface area contributed by atoms with Gasteiger partial charge in [0.1, 0.15) is 0 Å². The fraction of sp³-hybridized carbons (Fsp3) is 0.222. The van der Waals surface area contributed by atoms with Crippen LogP contribution in [-0.2, 0) is 0 Å². The van der Waals surface area contributed by atoms with Gasteiger partial charge in [0.05, 0.1) is 24.3 Å². The van der Waals surface area contributed by atoms with Crippen LogP contribution >= 0.6 is 0 Å². The zero-order valence-electron chi connectivity index (χ0n) is 13.6. The molecular weight excluding hydrogens is 312 g/mol. The lowest BCUT2D eigenvalue weighted by atomic mass is 10.1. The standard InChI is InChI=1S/C8H6O4.C8H10.C2H6O2/c9-7(10)5-1-2-6(4-3-5)8(11)12;1-7-4-3-5-8(2)6-7;3-1-2-4/h1-4H,(H,9,10)(H,11,12);3-6H,1-2H3;3-4H,1-2H2. The van der Waals surface area contributed by atoms with Crippen molar-refractivity contribution in [3.63, 3.8) is 0 Å². The Morgan fingerprint density at radius 1 is 0.750 bits per heavy atom. The summed E-state index contributed by atoms with van der Waals surface area (Å²) in [6, 6.07) is 13.5. The average molecular weight is 334 g/mol. The third-order valence-corrected chi connectivity index (χ3v) is 2.65. The highest BCUT2D eigenvalue weighted by Crippen LogP contribution is 2.03. The van der Waals surface area contributed by atoms with Crippen molar-refractivity contribution in [2.75, 3.05) is 13.2 Å². The maximum atomic E-state index is 10.3. The van der Waals surface area contributed by atoms with Crippen LogP contribution in [0.5, 0.6) is 0 Å². The summed E-state index contributed by atoms with van der Waals surface area (Å²) in [5.41, 5.74) is 2.84. The lowest BCUT2D eigenvalue weighted by Crippen LogP contribution is -1.99. The maximum Gasteiger partial charge on any atom is 0.335 e. The molecule has 0 atom stereocenters. The normalized spacial score (nSPS) is 9.00. The molecule has 0 aliphatic heterocycles. The molecule has 6 heteroatoms. The second-order valence-corrected chi connectivity index (χ2v) is 4.79. The van der Waals surface area contributed by atoms with Gasteiger partial charge in [0.25, 0.3) is 0 Å². The van der Waals surface area contributed by atoms with Crippen molar-refractivity contribution in [3.8, 4) is 0 Å². The quantitative estimate of drug-likeness (QED) is 0.685. The molecule has 0 heterocycles. The Bertz CT molecular complexity index is 582. The summed E-state index contributed by atoms with van der Waals surface area (Å²) >= 11 is 0. The molecule has 2 aromatic rings. The Morgan fingerprint density at radius 3 is 1.25 bits per heavy atom. The van der Waals surface area contributed by atoms with Crippen LogP contribution in [0.25, 0.3) is 0 Å². The molecule has 0 bridgehead atoms. The van der Waals surface area contributed by atoms with E-state index in [0.29, 0.717) is 0 Å². The lowest BCUT2D eigenvalue weighted by Gasteiger charge is -1.94. The molecule has 0 aliphatic carbocycles. The SMILES string of the molecule is Cc1cccc(C)c1.O=C(O)c1ccc(C(=O)O)cc1.OCCO. The van der Waals surface area contributed by atoms with Crippen molar-refractivity contribution in [1.82, 2.24) is 0 Å². The predicted molar refractivity (Wildman–Crippen MR) is 90.4 cm³/mol. The molecule has 0 aliphatic rings. The van der Waals surface area contributed by atoms with Crippen molar-refractivity contribution >= 4 is 11.9 Å². The van der Waals surface area contributed by atoms with Crippen LogP contribution in [0.4, 0.5) is 0 Å². The minimum Gasteiger partial charge on any atom is -0.478 e. The molecule has 0 spiro atoms. The van der Waals surface area contributed by atoms with Gasteiger partial charge in [0.2, 0.25) is 0 Å². The van der Waals surface area contributed by atoms with Crippen molar-refractivity contribution in [1.29, 1.82) is 0 Å². The molecule has 24 heavy (non-hydrogen) atoms. The van der Waals surface area contributed by atoms with Gasteiger partial charge in [-0.1, -0.05) is 35.4 Å². The molecule has 0 radical (unpaired) electrons. The van der Waals surface area contributed by atoms with Crippen LogP contribution in [0.1, 0.15) is 31.8 Å². The van der Waals surface area contributed by atoms with E-state index in [-0.39, 0.29) is 24.3 Å². The molecule has 2 aromatic carbocycles. The van der Waals surface area contributed by atoms with E-state index >= 15 is 0 Å². The lowest BCUT2D eigenvalue weighted by molar-refractivity contribution is 0.0681. The molecule has 0 amide bonds. The molecule has 0 saturated heterocycles. The van der Waals surface area contributed by atoms with E-state index in [1.165, 1.54) is 35.4 Å². The van der Waals surface area contributed by atoms with Crippen LogP contribution in [-0.4, -0.2) is 45.6 Å². The first-order valence-electron chi connectivity index (χ1n) is 7.13. The number of aryl methyl sites for hydroxylation is 2. The zero-order valence-corrected chi connectivity index (χ0v) is 13.6. The maximum absolute atomic E-state index is 10.3. The summed E-state index contributed by atoms with van der Waals surface area (Å²) in [6.07, 6.45) is 0. The molecule has 2 rings (SSSR count). The summed E-state index contributed by atoms with van der Waals surface area (Å²) in [5, 5.41) is 32.2. The number of rotatable bonds is 3. The fourth-order valence-electron chi connectivity index (χ4n) is 1.56. The number of aliphatic hydroxyl groups is 2. The fourth-order valence-corrected chi connectivity index (χ4v) is 1.56. The van der Waals surface area contributed by atoms with E-state index in [4.69, 9.17) is 20.4 Å². The van der Waals surface area contributed by atoms with Crippen LogP contribution < -0.4 is 0 Å². The van der Waals surface area contributed by atoms with E-state index in [9.17, 15) is 9.59 Å². The number of hydrogen-bond donors (Lipinski definition) is 4. The van der Waals surface area contributed by atoms with Gasteiger partial charge in [-0.05, 0) is 38.1 Å². The highest BCUT2D eigenvalue weighted by molar-refractivity contribution is 5.91. The average Bonchev–Trinajstić information content (AvgIpc) is 2.55. The largest absolute Gasteiger partial charge is 0.478 e. The molecular formula is C18H22O6. The van der Waals surface area contributed by atoms with Crippen LogP contribution in [0.3, 0.4) is 0 Å². The number of carboxylic acids is 2. The van der Waals surface area contributed by atoms with Gasteiger partial charge in [-0.2, -0.15) is 0 Å². The summed E-state index contributed by atoms with van der Waals surface area (Å²) in [5.74, 6) is -2.13. The monoisotopic (exact) mass is 334 g/mol. The molecule has 4 N–H and O–H groups in total. The summed E-state index contributed by atoms with van der Waals surface area (Å²) in [6.45, 7) is 3.96. The van der Waals surface area contributed by atoms with Gasteiger partial charge in [0.15, 0.2) is 0 Å². The zero-order chi connectivity index (χ0) is 18.5. The molecule has 0 aromatic heterocycles. The van der Waals surface area contributed by atoms with E-state index < -0.39 is 11.9 Å². The minimum atomic E-state index is -1.06. The van der Waals surface area contributed by atoms with Gasteiger partial charge in [-0.25, -0.2) is 9.59 Å². The second kappa shape index (κ2) is 11.8. The van der Waals surface area contributed by atoms with Crippen LogP contribution in [0.15, 0.2) is 48.5 Å². The molecule has 130 valence electrons. The van der Waals surface area contributed by atoms with E-state index in [2.05, 4.69) is 38.1 Å². The third-order valence-electron chi connectivity index (χ3n) is 2.65. The minimum absolute atomic E-state index is 0.0833. The summed E-state index contributed by atoms with van der Waals surface area (Å²) in [4.78, 5) is 20.7. The van der Waals surface area contributed by atoms with E-state index in [1.807, 2.05) is 0 Å². The summed E-state index contributed by atoms with van der Waals surface area (Å²) < 4.78 is 0. The number of aromatic carboxylic acids is 2. The molecule has 0 unspecified atom stereocenters. The van der Waals surface area contributed by atoms with Crippen molar-refractivity contribution in [2.24, 2.45) is 0 Å². The second-order valence-electron chi connectivity index (χ2n) is 4.79. The van der Waals surface area contributed by atoms with Gasteiger partial charge >= 0.3 is 11.9 Å². The number of benzene rings is 2. The smallest absolute Gasteiger partial charge is 0.335 e. The Labute approximate surface area is 140 Å². The van der Waals surface area contributed by atoms with Gasteiger partial charge in [-0.3, -0.25) is 0 Å². The topological polar surface area (TPSA) is 115 Å². The Kier molecular flexibility index (Phi) is 10.5. The number of carboxylic acid groups (broad SMARTS) is 2. The predicted octanol–water partition coefficient (Wildman–Crippen LogP) is 2.36. The van der Waals surface area contributed by atoms with Crippen LogP contribution in [0, 0.1) is 13.8 Å². The third kappa shape index (κ3) is 9.34. The Morgan fingerprint density at radius 2 is 1.08 bits per heavy atom. The van der Waals surface area contributed by atoms with E-state index in [1.54, 1.807) is 0 Å². The summed E-state index contributed by atoms with van der Waals surface area (Å²) in [7, 11) is 0. The van der Waals surface area contributed by atoms with Gasteiger partial charge < -0.3 is 20.4 Å². The van der Waals surface area contributed by atoms with Gasteiger partial charge in [0, 0.05) is 0 Å². The first-order chi connectivity index (χ1) is 11.3. The molecule has 6 nitrogen and oxygen atoms in total. The van der Waals surface area contributed by atoms with Gasteiger partial charge in [-0.15, -0.1) is 0 Å².